The van der Waals surface area contributed by atoms with Gasteiger partial charge >= 0.3 is 0 Å². The van der Waals surface area contributed by atoms with E-state index in [1.807, 2.05) is 0 Å². The number of hydrogen-bond donors (Lipinski definition) is 1. The molecule has 23 heavy (non-hydrogen) atoms. The molecule has 0 aromatic heterocycles. The maximum atomic E-state index is 12.8. The highest BCUT2D eigenvalue weighted by atomic mass is 35.5. The minimum atomic E-state index is -0.613. The van der Waals surface area contributed by atoms with E-state index in [-0.39, 0.29) is 5.91 Å². The van der Waals surface area contributed by atoms with E-state index in [1.165, 1.54) is 0 Å². The molecule has 1 unspecified atom stereocenters. The van der Waals surface area contributed by atoms with Crippen molar-refractivity contribution in [3.8, 4) is 5.75 Å². The summed E-state index contributed by atoms with van der Waals surface area (Å²) in [6, 6.07) is 10.1. The number of carbonyl (C=O) groups excluding carboxylic acids is 1. The Morgan fingerprint density at radius 3 is 2.70 bits per heavy atom. The topological polar surface area (TPSA) is 49.8 Å². The van der Waals surface area contributed by atoms with Crippen LogP contribution in [0.1, 0.15) is 28.4 Å². The van der Waals surface area contributed by atoms with Gasteiger partial charge in [0, 0.05) is 17.7 Å². The van der Waals surface area contributed by atoms with Crippen LogP contribution in [0.4, 0.5) is 5.69 Å². The Labute approximate surface area is 144 Å². The first-order valence-corrected chi connectivity index (χ1v) is 7.90. The van der Waals surface area contributed by atoms with Gasteiger partial charge in [0.15, 0.2) is 0 Å². The molecular weight excluding hydrogens is 337 g/mol. The lowest BCUT2D eigenvalue weighted by molar-refractivity contribution is 0.0970. The normalized spacial score (nSPS) is 16.9. The lowest BCUT2D eigenvalue weighted by Gasteiger charge is -2.32. The highest BCUT2D eigenvalue weighted by Crippen LogP contribution is 2.37. The summed E-state index contributed by atoms with van der Waals surface area (Å²) in [7, 11) is 1.57. The number of anilines is 1. The molecule has 1 amide bonds. The minimum absolute atomic E-state index is 0.179. The van der Waals surface area contributed by atoms with Gasteiger partial charge in [0.2, 0.25) is 0 Å². The van der Waals surface area contributed by atoms with E-state index in [4.69, 9.17) is 27.9 Å². The molecule has 1 atom stereocenters. The highest BCUT2D eigenvalue weighted by molar-refractivity contribution is 6.42. The molecule has 120 valence electrons. The summed E-state index contributed by atoms with van der Waals surface area (Å²) >= 11 is 11.9. The molecule has 1 N–H and O–H groups in total. The first-order chi connectivity index (χ1) is 11.0. The standard InChI is InChI=1S/C17H15Cl2NO3/c1-23-11-3-5-15-12(9-11)16(21)6-7-20(15)17(22)10-2-4-13(18)14(19)8-10/h2-5,8-9,16,21H,6-7H2,1H3. The first-order valence-electron chi connectivity index (χ1n) is 7.14. The Hall–Kier alpha value is -1.75. The number of rotatable bonds is 2. The summed E-state index contributed by atoms with van der Waals surface area (Å²) < 4.78 is 5.19. The van der Waals surface area contributed by atoms with Crippen LogP contribution in [-0.4, -0.2) is 24.7 Å². The molecule has 4 nitrogen and oxygen atoms in total. The third-order valence-electron chi connectivity index (χ3n) is 3.92. The number of aliphatic hydroxyl groups excluding tert-OH is 1. The number of halogens is 2. The average Bonchev–Trinajstić information content (AvgIpc) is 2.57. The average molecular weight is 352 g/mol. The van der Waals surface area contributed by atoms with E-state index < -0.39 is 6.10 Å². The van der Waals surface area contributed by atoms with E-state index in [0.29, 0.717) is 45.6 Å². The van der Waals surface area contributed by atoms with Gasteiger partial charge < -0.3 is 14.7 Å². The minimum Gasteiger partial charge on any atom is -0.497 e. The summed E-state index contributed by atoms with van der Waals surface area (Å²) in [5.74, 6) is 0.466. The smallest absolute Gasteiger partial charge is 0.258 e. The van der Waals surface area contributed by atoms with Crippen LogP contribution >= 0.6 is 23.2 Å². The van der Waals surface area contributed by atoms with E-state index in [9.17, 15) is 9.90 Å². The van der Waals surface area contributed by atoms with Crippen LogP contribution in [0.25, 0.3) is 0 Å². The Morgan fingerprint density at radius 2 is 2.00 bits per heavy atom. The number of nitrogens with zero attached hydrogens (tertiary/aromatic N) is 1. The number of methoxy groups -OCH3 is 1. The van der Waals surface area contributed by atoms with Crippen molar-refractivity contribution in [1.29, 1.82) is 0 Å². The van der Waals surface area contributed by atoms with Gasteiger partial charge in [-0.05, 0) is 42.8 Å². The van der Waals surface area contributed by atoms with Gasteiger partial charge in [-0.3, -0.25) is 4.79 Å². The molecule has 0 saturated carbocycles. The second-order valence-electron chi connectivity index (χ2n) is 5.31. The summed E-state index contributed by atoms with van der Waals surface area (Å²) in [5, 5.41) is 10.9. The zero-order valence-electron chi connectivity index (χ0n) is 12.4. The summed E-state index contributed by atoms with van der Waals surface area (Å²) in [6.07, 6.45) is -0.147. The van der Waals surface area contributed by atoms with Crippen LogP contribution < -0.4 is 9.64 Å². The van der Waals surface area contributed by atoms with E-state index >= 15 is 0 Å². The molecular formula is C17H15Cl2NO3. The molecule has 0 radical (unpaired) electrons. The van der Waals surface area contributed by atoms with Crippen molar-refractivity contribution in [3.05, 3.63) is 57.6 Å². The van der Waals surface area contributed by atoms with Crippen LogP contribution in [-0.2, 0) is 0 Å². The predicted molar refractivity (Wildman–Crippen MR) is 90.7 cm³/mol. The summed E-state index contributed by atoms with van der Waals surface area (Å²) in [6.45, 7) is 0.430. The van der Waals surface area contributed by atoms with Gasteiger partial charge in [0.25, 0.3) is 5.91 Å². The Kier molecular flexibility index (Phi) is 4.48. The molecule has 0 saturated heterocycles. The summed E-state index contributed by atoms with van der Waals surface area (Å²) in [4.78, 5) is 14.4. The van der Waals surface area contributed by atoms with Gasteiger partial charge in [-0.15, -0.1) is 0 Å². The summed E-state index contributed by atoms with van der Waals surface area (Å²) in [5.41, 5.74) is 1.82. The first kappa shape index (κ1) is 16.1. The highest BCUT2D eigenvalue weighted by Gasteiger charge is 2.28. The predicted octanol–water partition coefficient (Wildman–Crippen LogP) is 4.09. The number of benzene rings is 2. The van der Waals surface area contributed by atoms with Crippen molar-refractivity contribution < 1.29 is 14.6 Å². The molecule has 0 fully saturated rings. The third-order valence-corrected chi connectivity index (χ3v) is 4.66. The van der Waals surface area contributed by atoms with Crippen molar-refractivity contribution in [2.24, 2.45) is 0 Å². The monoisotopic (exact) mass is 351 g/mol. The van der Waals surface area contributed by atoms with Gasteiger partial charge in [0.1, 0.15) is 5.75 Å². The van der Waals surface area contributed by atoms with Crippen LogP contribution in [0.5, 0.6) is 5.75 Å². The van der Waals surface area contributed by atoms with Crippen molar-refractivity contribution in [2.45, 2.75) is 12.5 Å². The maximum absolute atomic E-state index is 12.8. The number of ether oxygens (including phenoxy) is 1. The zero-order valence-corrected chi connectivity index (χ0v) is 13.9. The van der Waals surface area contributed by atoms with E-state index in [0.717, 1.165) is 0 Å². The Bertz CT molecular complexity index is 763. The van der Waals surface area contributed by atoms with Gasteiger partial charge in [-0.25, -0.2) is 0 Å². The molecule has 1 aliphatic rings. The molecule has 6 heteroatoms. The quantitative estimate of drug-likeness (QED) is 0.886. The fraction of sp³-hybridized carbons (Fsp3) is 0.235. The second kappa shape index (κ2) is 6.40. The molecule has 0 spiro atoms. The second-order valence-corrected chi connectivity index (χ2v) is 6.13. The fourth-order valence-corrected chi connectivity index (χ4v) is 2.99. The fourth-order valence-electron chi connectivity index (χ4n) is 2.70. The van der Waals surface area contributed by atoms with Crippen LogP contribution in [0.3, 0.4) is 0 Å². The van der Waals surface area contributed by atoms with Crippen molar-refractivity contribution >= 4 is 34.8 Å². The van der Waals surface area contributed by atoms with Crippen LogP contribution in [0, 0.1) is 0 Å². The van der Waals surface area contributed by atoms with Crippen LogP contribution in [0.15, 0.2) is 36.4 Å². The molecule has 2 aromatic rings. The molecule has 0 aliphatic carbocycles. The number of aliphatic hydroxyl groups is 1. The number of amides is 1. The van der Waals surface area contributed by atoms with Gasteiger partial charge in [-0.1, -0.05) is 23.2 Å². The molecule has 1 heterocycles. The largest absolute Gasteiger partial charge is 0.497 e. The zero-order chi connectivity index (χ0) is 16.6. The lowest BCUT2D eigenvalue weighted by atomic mass is 9.97. The third kappa shape index (κ3) is 3.02. The maximum Gasteiger partial charge on any atom is 0.258 e. The van der Waals surface area contributed by atoms with Crippen LogP contribution in [0.2, 0.25) is 10.0 Å². The van der Waals surface area contributed by atoms with E-state index in [1.54, 1.807) is 48.4 Å². The number of carbonyl (C=O) groups is 1. The lowest BCUT2D eigenvalue weighted by Crippen LogP contribution is -2.36. The Balaban J connectivity index is 1.99. The van der Waals surface area contributed by atoms with Crippen molar-refractivity contribution in [3.63, 3.8) is 0 Å². The van der Waals surface area contributed by atoms with Gasteiger partial charge in [0.05, 0.1) is 28.9 Å². The number of hydrogen-bond acceptors (Lipinski definition) is 3. The molecule has 3 rings (SSSR count). The molecule has 2 aromatic carbocycles. The van der Waals surface area contributed by atoms with Crippen molar-refractivity contribution in [1.82, 2.24) is 0 Å². The number of fused-ring (bicyclic) bond motifs is 1. The van der Waals surface area contributed by atoms with E-state index in [2.05, 4.69) is 0 Å². The SMILES string of the molecule is COc1ccc2c(c1)C(O)CCN2C(=O)c1ccc(Cl)c(Cl)c1. The molecule has 1 aliphatic heterocycles. The van der Waals surface area contributed by atoms with Crippen molar-refractivity contribution in [2.75, 3.05) is 18.6 Å². The van der Waals surface area contributed by atoms with Gasteiger partial charge in [-0.2, -0.15) is 0 Å². The molecule has 0 bridgehead atoms. The Morgan fingerprint density at radius 1 is 1.22 bits per heavy atom.